The van der Waals surface area contributed by atoms with Gasteiger partial charge in [0.25, 0.3) is 5.91 Å². The largest absolute Gasteiger partial charge is 0.462 e. The summed E-state index contributed by atoms with van der Waals surface area (Å²) >= 11 is 2.76. The number of carbonyl (C=O) groups is 2. The van der Waals surface area contributed by atoms with E-state index in [2.05, 4.69) is 5.32 Å². The van der Waals surface area contributed by atoms with E-state index < -0.39 is 0 Å². The van der Waals surface area contributed by atoms with E-state index in [0.29, 0.717) is 22.6 Å². The van der Waals surface area contributed by atoms with Gasteiger partial charge in [-0.3, -0.25) is 4.79 Å². The highest BCUT2D eigenvalue weighted by atomic mass is 32.2. The molecular weight excluding hydrogens is 318 g/mol. The SMILES string of the molecule is CCOC(=O)c1sc(SC)c(C(=O)Nc2ccccc2)c1C. The van der Waals surface area contributed by atoms with Gasteiger partial charge in [-0.05, 0) is 37.8 Å². The molecule has 6 heteroatoms. The topological polar surface area (TPSA) is 55.4 Å². The summed E-state index contributed by atoms with van der Waals surface area (Å²) in [7, 11) is 0. The minimum absolute atomic E-state index is 0.208. The molecule has 1 amide bonds. The summed E-state index contributed by atoms with van der Waals surface area (Å²) in [4.78, 5) is 25.0. The number of hydrogen-bond acceptors (Lipinski definition) is 5. The maximum Gasteiger partial charge on any atom is 0.348 e. The highest BCUT2D eigenvalue weighted by Crippen LogP contribution is 2.35. The molecule has 0 unspecified atom stereocenters. The first kappa shape index (κ1) is 16.6. The third kappa shape index (κ3) is 3.51. The molecule has 0 aliphatic rings. The van der Waals surface area contributed by atoms with Crippen molar-refractivity contribution in [3.8, 4) is 0 Å². The van der Waals surface area contributed by atoms with Crippen LogP contribution in [0.5, 0.6) is 0 Å². The van der Waals surface area contributed by atoms with Crippen LogP contribution in [0.15, 0.2) is 34.5 Å². The molecule has 1 aromatic carbocycles. The van der Waals surface area contributed by atoms with Crippen LogP contribution < -0.4 is 5.32 Å². The lowest BCUT2D eigenvalue weighted by Gasteiger charge is -2.06. The fourth-order valence-electron chi connectivity index (χ4n) is 2.00. The number of para-hydroxylation sites is 1. The maximum absolute atomic E-state index is 12.5. The van der Waals surface area contributed by atoms with Gasteiger partial charge in [0.2, 0.25) is 0 Å². The van der Waals surface area contributed by atoms with Gasteiger partial charge in [0.15, 0.2) is 0 Å². The van der Waals surface area contributed by atoms with E-state index in [9.17, 15) is 9.59 Å². The molecule has 1 N–H and O–H groups in total. The van der Waals surface area contributed by atoms with Crippen molar-refractivity contribution >= 4 is 40.7 Å². The molecule has 0 aliphatic heterocycles. The predicted octanol–water partition coefficient (Wildman–Crippen LogP) is 4.21. The zero-order valence-corrected chi connectivity index (χ0v) is 14.3. The molecule has 0 saturated carbocycles. The number of esters is 1. The van der Waals surface area contributed by atoms with Gasteiger partial charge in [0, 0.05) is 5.69 Å². The third-order valence-electron chi connectivity index (χ3n) is 3.02. The summed E-state index contributed by atoms with van der Waals surface area (Å²) in [6, 6.07) is 9.25. The van der Waals surface area contributed by atoms with Crippen LogP contribution in [0.3, 0.4) is 0 Å². The van der Waals surface area contributed by atoms with Gasteiger partial charge in [-0.15, -0.1) is 23.1 Å². The van der Waals surface area contributed by atoms with E-state index in [4.69, 9.17) is 4.74 Å². The molecule has 0 radical (unpaired) electrons. The van der Waals surface area contributed by atoms with E-state index in [0.717, 1.165) is 9.90 Å². The van der Waals surface area contributed by atoms with Crippen molar-refractivity contribution < 1.29 is 14.3 Å². The quantitative estimate of drug-likeness (QED) is 0.657. The zero-order chi connectivity index (χ0) is 16.1. The molecule has 0 fully saturated rings. The van der Waals surface area contributed by atoms with Crippen LogP contribution in [0.25, 0.3) is 0 Å². The molecule has 0 spiro atoms. The first-order chi connectivity index (χ1) is 10.6. The van der Waals surface area contributed by atoms with Gasteiger partial charge >= 0.3 is 5.97 Å². The Balaban J connectivity index is 2.33. The normalized spacial score (nSPS) is 10.3. The summed E-state index contributed by atoms with van der Waals surface area (Å²) in [5.41, 5.74) is 1.94. The van der Waals surface area contributed by atoms with Gasteiger partial charge in [-0.1, -0.05) is 18.2 Å². The minimum atomic E-state index is -0.376. The van der Waals surface area contributed by atoms with Crippen molar-refractivity contribution in [2.45, 2.75) is 18.1 Å². The van der Waals surface area contributed by atoms with E-state index >= 15 is 0 Å². The van der Waals surface area contributed by atoms with Crippen LogP contribution in [0.1, 0.15) is 32.5 Å². The Morgan fingerprint density at radius 2 is 1.95 bits per heavy atom. The van der Waals surface area contributed by atoms with Crippen LogP contribution in [0.4, 0.5) is 5.69 Å². The average Bonchev–Trinajstić information content (AvgIpc) is 2.85. The fraction of sp³-hybridized carbons (Fsp3) is 0.250. The average molecular weight is 335 g/mol. The fourth-order valence-corrected chi connectivity index (χ4v) is 3.96. The van der Waals surface area contributed by atoms with Gasteiger partial charge in [0.05, 0.1) is 16.4 Å². The molecule has 0 saturated heterocycles. The number of ether oxygens (including phenoxy) is 1. The Morgan fingerprint density at radius 3 is 2.55 bits per heavy atom. The Morgan fingerprint density at radius 1 is 1.27 bits per heavy atom. The first-order valence-electron chi connectivity index (χ1n) is 6.79. The van der Waals surface area contributed by atoms with Gasteiger partial charge < -0.3 is 10.1 Å². The van der Waals surface area contributed by atoms with Crippen LogP contribution in [-0.2, 0) is 4.74 Å². The van der Waals surface area contributed by atoms with Crippen LogP contribution in [0.2, 0.25) is 0 Å². The van der Waals surface area contributed by atoms with E-state index in [-0.39, 0.29) is 11.9 Å². The summed E-state index contributed by atoms with van der Waals surface area (Å²) in [6.45, 7) is 3.86. The van der Waals surface area contributed by atoms with E-state index in [1.807, 2.05) is 36.6 Å². The Kier molecular flexibility index (Phi) is 5.63. The second-order valence-corrected chi connectivity index (χ2v) is 6.56. The van der Waals surface area contributed by atoms with Crippen molar-refractivity contribution in [3.63, 3.8) is 0 Å². The number of hydrogen-bond donors (Lipinski definition) is 1. The Labute approximate surface area is 137 Å². The number of rotatable bonds is 5. The molecule has 0 aliphatic carbocycles. The van der Waals surface area contributed by atoms with Crippen molar-refractivity contribution in [2.24, 2.45) is 0 Å². The highest BCUT2D eigenvalue weighted by molar-refractivity contribution is 8.00. The number of anilines is 1. The molecule has 0 bridgehead atoms. The Bertz CT molecular complexity index is 680. The number of carbonyl (C=O) groups excluding carboxylic acids is 2. The lowest BCUT2D eigenvalue weighted by atomic mass is 10.1. The molecule has 0 atom stereocenters. The molecule has 1 aromatic heterocycles. The van der Waals surface area contributed by atoms with Gasteiger partial charge in [-0.25, -0.2) is 4.79 Å². The second kappa shape index (κ2) is 7.47. The monoisotopic (exact) mass is 335 g/mol. The van der Waals surface area contributed by atoms with Crippen molar-refractivity contribution in [3.05, 3.63) is 46.3 Å². The molecule has 2 aromatic rings. The summed E-state index contributed by atoms with van der Waals surface area (Å²) in [5.74, 6) is -0.584. The molecule has 22 heavy (non-hydrogen) atoms. The van der Waals surface area contributed by atoms with Gasteiger partial charge in [0.1, 0.15) is 4.88 Å². The minimum Gasteiger partial charge on any atom is -0.462 e. The third-order valence-corrected chi connectivity index (χ3v) is 5.41. The van der Waals surface area contributed by atoms with Crippen LogP contribution in [0, 0.1) is 6.92 Å². The number of thioether (sulfide) groups is 1. The highest BCUT2D eigenvalue weighted by Gasteiger charge is 2.25. The van der Waals surface area contributed by atoms with Crippen LogP contribution in [-0.4, -0.2) is 24.7 Å². The maximum atomic E-state index is 12.5. The Hall–Kier alpha value is -1.79. The number of thiophene rings is 1. The summed E-state index contributed by atoms with van der Waals surface area (Å²) < 4.78 is 5.86. The van der Waals surface area contributed by atoms with E-state index in [1.54, 1.807) is 13.8 Å². The standard InChI is InChI=1S/C16H17NO3S2/c1-4-20-15(19)13-10(2)12(16(21-3)22-13)14(18)17-11-8-6-5-7-9-11/h5-9H,4H2,1-3H3,(H,17,18). The van der Waals surface area contributed by atoms with Crippen molar-refractivity contribution in [1.29, 1.82) is 0 Å². The van der Waals surface area contributed by atoms with E-state index in [1.165, 1.54) is 23.1 Å². The summed E-state index contributed by atoms with van der Waals surface area (Å²) in [6.07, 6.45) is 1.89. The molecule has 116 valence electrons. The summed E-state index contributed by atoms with van der Waals surface area (Å²) in [5, 5.41) is 2.86. The molecule has 4 nitrogen and oxygen atoms in total. The number of amides is 1. The van der Waals surface area contributed by atoms with Crippen molar-refractivity contribution in [1.82, 2.24) is 0 Å². The first-order valence-corrected chi connectivity index (χ1v) is 8.83. The second-order valence-electron chi connectivity index (χ2n) is 4.46. The smallest absolute Gasteiger partial charge is 0.348 e. The van der Waals surface area contributed by atoms with Crippen LogP contribution >= 0.6 is 23.1 Å². The molecule has 2 rings (SSSR count). The lowest BCUT2D eigenvalue weighted by molar-refractivity contribution is 0.0531. The van der Waals surface area contributed by atoms with Crippen molar-refractivity contribution in [2.75, 3.05) is 18.2 Å². The number of benzene rings is 1. The van der Waals surface area contributed by atoms with Gasteiger partial charge in [-0.2, -0.15) is 0 Å². The predicted molar refractivity (Wildman–Crippen MR) is 91.2 cm³/mol. The zero-order valence-electron chi connectivity index (χ0n) is 12.6. The lowest BCUT2D eigenvalue weighted by Crippen LogP contribution is -2.14. The number of nitrogens with one attached hydrogen (secondary N) is 1. The molecule has 1 heterocycles. The molecular formula is C16H17NO3S2.